The van der Waals surface area contributed by atoms with E-state index in [1.165, 1.54) is 30.2 Å². The Morgan fingerprint density at radius 2 is 1.57 bits per heavy atom. The maximum atomic E-state index is 14.6. The molecule has 2 atom stereocenters. The van der Waals surface area contributed by atoms with Crippen LogP contribution in [0.15, 0.2) is 108 Å². The molecule has 0 saturated carbocycles. The van der Waals surface area contributed by atoms with Gasteiger partial charge in [0.2, 0.25) is 11.8 Å². The normalized spacial score (nSPS) is 12.5. The van der Waals surface area contributed by atoms with Gasteiger partial charge >= 0.3 is 0 Å². The van der Waals surface area contributed by atoms with Crippen LogP contribution in [0.4, 0.5) is 5.69 Å². The average molecular weight is 662 g/mol. The second-order valence-corrected chi connectivity index (χ2v) is 13.5. The summed E-state index contributed by atoms with van der Waals surface area (Å²) in [6, 6.07) is 28.4. The smallest absolute Gasteiger partial charge is 0.264 e. The van der Waals surface area contributed by atoms with Crippen LogP contribution in [0.25, 0.3) is 0 Å². The summed E-state index contributed by atoms with van der Waals surface area (Å²) in [4.78, 5) is 30.0. The van der Waals surface area contributed by atoms with Crippen LogP contribution >= 0.6 is 11.6 Å². The number of ether oxygens (including phenoxy) is 1. The second kappa shape index (κ2) is 15.8. The first-order valence-electron chi connectivity index (χ1n) is 15.1. The molecular formula is C36H40ClN3O5S. The molecule has 0 aliphatic heterocycles. The molecule has 0 aromatic heterocycles. The van der Waals surface area contributed by atoms with Crippen molar-refractivity contribution in [3.63, 3.8) is 0 Å². The summed E-state index contributed by atoms with van der Waals surface area (Å²) in [5, 5.41) is 3.36. The van der Waals surface area contributed by atoms with Crippen LogP contribution in [-0.2, 0) is 32.6 Å². The van der Waals surface area contributed by atoms with Gasteiger partial charge in [-0.25, -0.2) is 8.42 Å². The van der Waals surface area contributed by atoms with Crippen molar-refractivity contribution in [3.05, 3.63) is 125 Å². The molecule has 46 heavy (non-hydrogen) atoms. The average Bonchev–Trinajstić information content (AvgIpc) is 3.05. The highest BCUT2D eigenvalue weighted by molar-refractivity contribution is 7.92. The van der Waals surface area contributed by atoms with Gasteiger partial charge in [0, 0.05) is 24.0 Å². The number of carbonyl (C=O) groups excluding carboxylic acids is 2. The molecule has 4 aromatic rings. The summed E-state index contributed by atoms with van der Waals surface area (Å²) in [6.07, 6.45) is 0.946. The Balaban J connectivity index is 1.81. The van der Waals surface area contributed by atoms with E-state index in [0.29, 0.717) is 17.2 Å². The lowest BCUT2D eigenvalue weighted by molar-refractivity contribution is -0.140. The molecule has 10 heteroatoms. The first kappa shape index (κ1) is 34.5. The minimum Gasteiger partial charge on any atom is -0.497 e. The number of hydrogen-bond acceptors (Lipinski definition) is 5. The lowest BCUT2D eigenvalue weighted by atomic mass is 10.0. The number of carbonyl (C=O) groups is 2. The molecule has 0 fully saturated rings. The molecule has 2 amide bonds. The molecule has 0 heterocycles. The standard InChI is InChI=1S/C36H40ClN3O5S/c1-5-27(3)38-36(42)34(22-28-12-7-6-8-13-28)39(24-29-14-9-11-26(2)21-29)35(41)25-40(31-16-10-15-30(37)23-31)46(43,44)33-19-17-32(45-4)18-20-33/h6-21,23,27,34H,5,22,24-25H2,1-4H3,(H,38,42)/t27-,34-/m0/s1. The molecular weight excluding hydrogens is 622 g/mol. The Morgan fingerprint density at radius 3 is 2.20 bits per heavy atom. The van der Waals surface area contributed by atoms with Crippen LogP contribution in [-0.4, -0.2) is 50.9 Å². The number of rotatable bonds is 14. The molecule has 8 nitrogen and oxygen atoms in total. The summed E-state index contributed by atoms with van der Waals surface area (Å²) >= 11 is 6.30. The van der Waals surface area contributed by atoms with Crippen molar-refractivity contribution in [1.82, 2.24) is 10.2 Å². The van der Waals surface area contributed by atoms with E-state index in [1.807, 2.05) is 75.4 Å². The van der Waals surface area contributed by atoms with Crippen LogP contribution < -0.4 is 14.4 Å². The Bertz CT molecular complexity index is 1730. The Labute approximate surface area is 277 Å². The minimum absolute atomic E-state index is 0.0262. The van der Waals surface area contributed by atoms with E-state index in [0.717, 1.165) is 21.0 Å². The van der Waals surface area contributed by atoms with Crippen molar-refractivity contribution < 1.29 is 22.7 Å². The lowest BCUT2D eigenvalue weighted by Crippen LogP contribution is -2.54. The van der Waals surface area contributed by atoms with E-state index in [2.05, 4.69) is 5.32 Å². The zero-order chi connectivity index (χ0) is 33.3. The third-order valence-corrected chi connectivity index (χ3v) is 9.75. The van der Waals surface area contributed by atoms with Gasteiger partial charge in [0.05, 0.1) is 17.7 Å². The van der Waals surface area contributed by atoms with Crippen molar-refractivity contribution in [2.45, 2.75) is 57.1 Å². The highest BCUT2D eigenvalue weighted by atomic mass is 35.5. The maximum absolute atomic E-state index is 14.6. The fourth-order valence-electron chi connectivity index (χ4n) is 5.04. The Morgan fingerprint density at radius 1 is 0.891 bits per heavy atom. The van der Waals surface area contributed by atoms with E-state index in [1.54, 1.807) is 30.3 Å². The molecule has 0 unspecified atom stereocenters. The lowest BCUT2D eigenvalue weighted by Gasteiger charge is -2.34. The number of methoxy groups -OCH3 is 1. The second-order valence-electron chi connectivity index (χ2n) is 11.2. The van der Waals surface area contributed by atoms with E-state index in [9.17, 15) is 18.0 Å². The number of aryl methyl sites for hydroxylation is 1. The van der Waals surface area contributed by atoms with Gasteiger partial charge in [0.25, 0.3) is 10.0 Å². The van der Waals surface area contributed by atoms with Gasteiger partial charge in [-0.05, 0) is 73.9 Å². The molecule has 242 valence electrons. The Kier molecular flexibility index (Phi) is 11.8. The predicted octanol–water partition coefficient (Wildman–Crippen LogP) is 6.41. The fourth-order valence-corrected chi connectivity index (χ4v) is 6.63. The minimum atomic E-state index is -4.26. The highest BCUT2D eigenvalue weighted by Gasteiger charge is 2.35. The number of anilines is 1. The molecule has 0 radical (unpaired) electrons. The van der Waals surface area contributed by atoms with Crippen LogP contribution in [0.5, 0.6) is 5.75 Å². The highest BCUT2D eigenvalue weighted by Crippen LogP contribution is 2.28. The van der Waals surface area contributed by atoms with Crippen LogP contribution in [0.2, 0.25) is 5.02 Å². The fraction of sp³-hybridized carbons (Fsp3) is 0.278. The zero-order valence-electron chi connectivity index (χ0n) is 26.5. The number of nitrogens with zero attached hydrogens (tertiary/aromatic N) is 2. The summed E-state index contributed by atoms with van der Waals surface area (Å²) in [6.45, 7) is 5.36. The van der Waals surface area contributed by atoms with Crippen molar-refractivity contribution in [1.29, 1.82) is 0 Å². The molecule has 0 aliphatic rings. The SMILES string of the molecule is CC[C@H](C)NC(=O)[C@H](Cc1ccccc1)N(Cc1cccc(C)c1)C(=O)CN(c1cccc(Cl)c1)S(=O)(=O)c1ccc(OC)cc1. The summed E-state index contributed by atoms with van der Waals surface area (Å²) in [5.41, 5.74) is 2.90. The van der Waals surface area contributed by atoms with Crippen LogP contribution in [0.3, 0.4) is 0 Å². The van der Waals surface area contributed by atoms with Gasteiger partial charge < -0.3 is 15.0 Å². The van der Waals surface area contributed by atoms with E-state index in [-0.39, 0.29) is 35.5 Å². The summed E-state index contributed by atoms with van der Waals surface area (Å²) in [7, 11) is -2.77. The number of hydrogen-bond donors (Lipinski definition) is 1. The zero-order valence-corrected chi connectivity index (χ0v) is 28.1. The summed E-state index contributed by atoms with van der Waals surface area (Å²) < 4.78 is 34.6. The van der Waals surface area contributed by atoms with Gasteiger partial charge in [-0.15, -0.1) is 0 Å². The number of amides is 2. The third-order valence-electron chi connectivity index (χ3n) is 7.73. The molecule has 4 rings (SSSR count). The number of sulfonamides is 1. The van der Waals surface area contributed by atoms with Crippen LogP contribution in [0, 0.1) is 6.92 Å². The first-order chi connectivity index (χ1) is 22.0. The molecule has 0 spiro atoms. The van der Waals surface area contributed by atoms with E-state index < -0.39 is 28.5 Å². The van der Waals surface area contributed by atoms with Crippen molar-refractivity contribution in [2.75, 3.05) is 18.0 Å². The maximum Gasteiger partial charge on any atom is 0.264 e. The molecule has 4 aromatic carbocycles. The largest absolute Gasteiger partial charge is 0.497 e. The monoisotopic (exact) mass is 661 g/mol. The quantitative estimate of drug-likeness (QED) is 0.169. The van der Waals surface area contributed by atoms with E-state index >= 15 is 0 Å². The van der Waals surface area contributed by atoms with Gasteiger partial charge in [0.15, 0.2) is 0 Å². The van der Waals surface area contributed by atoms with E-state index in [4.69, 9.17) is 16.3 Å². The molecule has 1 N–H and O–H groups in total. The molecule has 0 aliphatic carbocycles. The van der Waals surface area contributed by atoms with Gasteiger partial charge in [0.1, 0.15) is 18.3 Å². The number of nitrogens with one attached hydrogen (secondary N) is 1. The van der Waals surface area contributed by atoms with Crippen molar-refractivity contribution >= 4 is 39.1 Å². The number of halogens is 1. The van der Waals surface area contributed by atoms with Crippen molar-refractivity contribution in [3.8, 4) is 5.75 Å². The van der Waals surface area contributed by atoms with Gasteiger partial charge in [-0.1, -0.05) is 84.8 Å². The molecule has 0 bridgehead atoms. The molecule has 0 saturated heterocycles. The Hall–Kier alpha value is -4.34. The topological polar surface area (TPSA) is 96.0 Å². The number of benzene rings is 4. The van der Waals surface area contributed by atoms with Crippen molar-refractivity contribution in [2.24, 2.45) is 0 Å². The predicted molar refractivity (Wildman–Crippen MR) is 183 cm³/mol. The first-order valence-corrected chi connectivity index (χ1v) is 16.9. The van der Waals surface area contributed by atoms with Crippen LogP contribution in [0.1, 0.15) is 37.0 Å². The summed E-state index contributed by atoms with van der Waals surface area (Å²) in [5.74, 6) is -0.366. The van der Waals surface area contributed by atoms with Gasteiger partial charge in [-0.3, -0.25) is 13.9 Å². The van der Waals surface area contributed by atoms with Gasteiger partial charge in [-0.2, -0.15) is 0 Å². The third kappa shape index (κ3) is 8.89.